The number of halogens is 2. The molecular formula is C27H21ClFNO4. The molecule has 2 heterocycles. The Hall–Kier alpha value is -3.64. The number of aliphatic hydroxyl groups excluding tert-OH is 1. The Morgan fingerprint density at radius 2 is 1.88 bits per heavy atom. The van der Waals surface area contributed by atoms with E-state index < -0.39 is 23.5 Å². The Morgan fingerprint density at radius 3 is 2.59 bits per heavy atom. The number of fused-ring (bicyclic) bond motifs is 1. The van der Waals surface area contributed by atoms with E-state index in [4.69, 9.17) is 16.3 Å². The fourth-order valence-electron chi connectivity index (χ4n) is 4.47. The molecule has 5 nitrogen and oxygen atoms in total. The largest absolute Gasteiger partial charge is 0.507 e. The molecule has 2 aliphatic rings. The molecule has 172 valence electrons. The van der Waals surface area contributed by atoms with Crippen molar-refractivity contribution >= 4 is 34.7 Å². The van der Waals surface area contributed by atoms with E-state index in [0.29, 0.717) is 24.2 Å². The predicted octanol–water partition coefficient (Wildman–Crippen LogP) is 5.60. The van der Waals surface area contributed by atoms with E-state index in [1.54, 1.807) is 18.2 Å². The van der Waals surface area contributed by atoms with Crippen molar-refractivity contribution in [1.29, 1.82) is 0 Å². The van der Waals surface area contributed by atoms with E-state index in [9.17, 15) is 19.1 Å². The van der Waals surface area contributed by atoms with Crippen LogP contribution >= 0.6 is 11.6 Å². The molecule has 7 heteroatoms. The zero-order valence-electron chi connectivity index (χ0n) is 18.3. The Labute approximate surface area is 201 Å². The molecule has 0 aliphatic carbocycles. The predicted molar refractivity (Wildman–Crippen MR) is 128 cm³/mol. The molecule has 1 unspecified atom stereocenters. The van der Waals surface area contributed by atoms with Crippen LogP contribution in [0.15, 0.2) is 66.2 Å². The normalized spacial score (nSPS) is 18.8. The van der Waals surface area contributed by atoms with Crippen LogP contribution in [-0.4, -0.2) is 23.4 Å². The van der Waals surface area contributed by atoms with Crippen molar-refractivity contribution < 1.29 is 23.8 Å². The molecule has 0 saturated carbocycles. The van der Waals surface area contributed by atoms with Gasteiger partial charge in [-0.3, -0.25) is 14.5 Å². The van der Waals surface area contributed by atoms with Crippen LogP contribution in [0.25, 0.3) is 5.76 Å². The van der Waals surface area contributed by atoms with E-state index >= 15 is 0 Å². The number of hydrogen-bond donors (Lipinski definition) is 1. The number of anilines is 1. The number of nitrogens with zero attached hydrogens (tertiary/aromatic N) is 1. The highest BCUT2D eigenvalue weighted by atomic mass is 35.5. The highest BCUT2D eigenvalue weighted by Gasteiger charge is 2.47. The van der Waals surface area contributed by atoms with E-state index in [2.05, 4.69) is 0 Å². The van der Waals surface area contributed by atoms with Gasteiger partial charge in [0.25, 0.3) is 11.7 Å². The van der Waals surface area contributed by atoms with E-state index in [1.807, 2.05) is 31.2 Å². The number of benzene rings is 3. The quantitative estimate of drug-likeness (QED) is 0.301. The standard InChI is InChI=1S/C27H21ClFNO4/c1-2-15-3-5-16(6-4-15)24-23(25(31)18-7-10-22-17(13-18)11-12-34-22)26(32)27(33)30(24)19-8-9-21(29)20(28)14-19/h3-10,13-14,24,31H,2,11-12H2,1H3/b25-23-. The summed E-state index contributed by atoms with van der Waals surface area (Å²) in [5, 5.41) is 11.1. The lowest BCUT2D eigenvalue weighted by Gasteiger charge is -2.26. The van der Waals surface area contributed by atoms with E-state index in [-0.39, 0.29) is 22.0 Å². The summed E-state index contributed by atoms with van der Waals surface area (Å²) in [4.78, 5) is 27.7. The first-order valence-corrected chi connectivity index (χ1v) is 11.4. The lowest BCUT2D eigenvalue weighted by Crippen LogP contribution is -2.29. The van der Waals surface area contributed by atoms with E-state index in [1.165, 1.54) is 17.0 Å². The van der Waals surface area contributed by atoms with Gasteiger partial charge in [-0.1, -0.05) is 42.8 Å². The minimum atomic E-state index is -0.906. The maximum absolute atomic E-state index is 13.8. The number of hydrogen-bond acceptors (Lipinski definition) is 4. The number of aliphatic hydroxyl groups is 1. The number of Topliss-reactive ketones (excluding diaryl/α,β-unsaturated/α-hetero) is 1. The number of ketones is 1. The molecule has 1 atom stereocenters. The molecule has 3 aromatic rings. The fourth-order valence-corrected chi connectivity index (χ4v) is 4.65. The van der Waals surface area contributed by atoms with Crippen molar-refractivity contribution in [3.05, 3.63) is 99.3 Å². The van der Waals surface area contributed by atoms with Crippen LogP contribution in [0.3, 0.4) is 0 Å². The summed E-state index contributed by atoms with van der Waals surface area (Å²) < 4.78 is 19.4. The second kappa shape index (κ2) is 8.61. The van der Waals surface area contributed by atoms with Crippen LogP contribution in [-0.2, 0) is 22.4 Å². The molecule has 0 aromatic heterocycles. The van der Waals surface area contributed by atoms with Crippen molar-refractivity contribution in [2.45, 2.75) is 25.8 Å². The molecular weight excluding hydrogens is 457 g/mol. The summed E-state index contributed by atoms with van der Waals surface area (Å²) in [7, 11) is 0. The van der Waals surface area contributed by atoms with Crippen molar-refractivity contribution in [2.24, 2.45) is 0 Å². The summed E-state index contributed by atoms with van der Waals surface area (Å²) in [5.41, 5.74) is 3.31. The average Bonchev–Trinajstić information content (AvgIpc) is 3.42. The molecule has 1 fully saturated rings. The average molecular weight is 478 g/mol. The van der Waals surface area contributed by atoms with Crippen molar-refractivity contribution in [1.82, 2.24) is 0 Å². The van der Waals surface area contributed by atoms with Gasteiger partial charge in [-0.2, -0.15) is 0 Å². The second-order valence-electron chi connectivity index (χ2n) is 8.28. The first-order chi connectivity index (χ1) is 16.4. The number of ether oxygens (including phenoxy) is 1. The van der Waals surface area contributed by atoms with Crippen molar-refractivity contribution in [2.75, 3.05) is 11.5 Å². The number of carbonyl (C=O) groups is 2. The number of aryl methyl sites for hydroxylation is 1. The van der Waals surface area contributed by atoms with Gasteiger partial charge in [-0.15, -0.1) is 0 Å². The lowest BCUT2D eigenvalue weighted by molar-refractivity contribution is -0.132. The second-order valence-corrected chi connectivity index (χ2v) is 8.69. The van der Waals surface area contributed by atoms with Crippen LogP contribution in [0.5, 0.6) is 5.75 Å². The lowest BCUT2D eigenvalue weighted by atomic mass is 9.93. The molecule has 5 rings (SSSR count). The molecule has 2 aliphatic heterocycles. The third-order valence-corrected chi connectivity index (χ3v) is 6.58. The van der Waals surface area contributed by atoms with Gasteiger partial charge in [0.15, 0.2) is 0 Å². The fraction of sp³-hybridized carbons (Fsp3) is 0.185. The third-order valence-electron chi connectivity index (χ3n) is 6.29. The van der Waals surface area contributed by atoms with Crippen molar-refractivity contribution in [3.8, 4) is 5.75 Å². The summed E-state index contributed by atoms with van der Waals surface area (Å²) >= 11 is 5.99. The minimum Gasteiger partial charge on any atom is -0.507 e. The maximum atomic E-state index is 13.8. The van der Waals surface area contributed by atoms with Gasteiger partial charge in [0.05, 0.1) is 23.2 Å². The van der Waals surface area contributed by atoms with Gasteiger partial charge < -0.3 is 9.84 Å². The van der Waals surface area contributed by atoms with Crippen LogP contribution in [0, 0.1) is 5.82 Å². The van der Waals surface area contributed by atoms with Gasteiger partial charge in [-0.25, -0.2) is 4.39 Å². The van der Waals surface area contributed by atoms with Gasteiger partial charge in [0.1, 0.15) is 17.3 Å². The topological polar surface area (TPSA) is 66.8 Å². The molecule has 0 spiro atoms. The van der Waals surface area contributed by atoms with Crippen molar-refractivity contribution in [3.63, 3.8) is 0 Å². The third kappa shape index (κ3) is 3.64. The van der Waals surface area contributed by atoms with Gasteiger partial charge in [0.2, 0.25) is 0 Å². The molecule has 34 heavy (non-hydrogen) atoms. The highest BCUT2D eigenvalue weighted by molar-refractivity contribution is 6.51. The molecule has 1 amide bonds. The van der Waals surface area contributed by atoms with Crippen LogP contribution in [0.4, 0.5) is 10.1 Å². The highest BCUT2D eigenvalue weighted by Crippen LogP contribution is 2.43. The Kier molecular flexibility index (Phi) is 5.62. The molecule has 0 bridgehead atoms. The zero-order valence-corrected chi connectivity index (χ0v) is 19.1. The van der Waals surface area contributed by atoms with Gasteiger partial charge in [0, 0.05) is 17.7 Å². The summed E-state index contributed by atoms with van der Waals surface area (Å²) in [6, 6.07) is 15.6. The zero-order chi connectivity index (χ0) is 24.0. The molecule has 1 N–H and O–H groups in total. The Bertz CT molecular complexity index is 1350. The summed E-state index contributed by atoms with van der Waals surface area (Å²) in [5.74, 6) is -1.80. The summed E-state index contributed by atoms with van der Waals surface area (Å²) in [6.07, 6.45) is 1.52. The van der Waals surface area contributed by atoms with Crippen LogP contribution in [0.2, 0.25) is 5.02 Å². The number of rotatable bonds is 4. The SMILES string of the molecule is CCc1ccc(C2/C(=C(/O)c3ccc4c(c3)CCO4)C(=O)C(=O)N2c2ccc(F)c(Cl)c2)cc1. The van der Waals surface area contributed by atoms with Crippen LogP contribution in [0.1, 0.15) is 35.2 Å². The van der Waals surface area contributed by atoms with Gasteiger partial charge in [-0.05, 0) is 59.5 Å². The number of amides is 1. The Morgan fingerprint density at radius 1 is 1.12 bits per heavy atom. The minimum absolute atomic E-state index is 0.0337. The summed E-state index contributed by atoms with van der Waals surface area (Å²) in [6.45, 7) is 2.58. The molecule has 1 saturated heterocycles. The smallest absolute Gasteiger partial charge is 0.300 e. The number of carbonyl (C=O) groups excluding carboxylic acids is 2. The first kappa shape index (κ1) is 22.2. The molecule has 3 aromatic carbocycles. The first-order valence-electron chi connectivity index (χ1n) is 11.0. The Balaban J connectivity index is 1.70. The van der Waals surface area contributed by atoms with E-state index in [0.717, 1.165) is 29.4 Å². The molecule has 0 radical (unpaired) electrons. The maximum Gasteiger partial charge on any atom is 0.300 e. The van der Waals surface area contributed by atoms with Gasteiger partial charge >= 0.3 is 0 Å². The monoisotopic (exact) mass is 477 g/mol. The van der Waals surface area contributed by atoms with Crippen LogP contribution < -0.4 is 9.64 Å².